The van der Waals surface area contributed by atoms with Gasteiger partial charge in [0.1, 0.15) is 0 Å². The van der Waals surface area contributed by atoms with E-state index in [-0.39, 0.29) is 25.4 Å². The topological polar surface area (TPSA) is 63.6 Å². The van der Waals surface area contributed by atoms with E-state index < -0.39 is 10.1 Å². The fourth-order valence-corrected chi connectivity index (χ4v) is 3.40. The van der Waals surface area contributed by atoms with Crippen molar-refractivity contribution >= 4 is 10.1 Å². The van der Waals surface area contributed by atoms with Crippen LogP contribution in [0.3, 0.4) is 0 Å². The zero-order valence-corrected chi connectivity index (χ0v) is 15.2. The van der Waals surface area contributed by atoms with E-state index in [2.05, 4.69) is 6.92 Å². The molecular weight excluding hydrogens is 300 g/mol. The van der Waals surface area contributed by atoms with Crippen LogP contribution in [0.1, 0.15) is 90.4 Å². The molecule has 22 heavy (non-hydrogen) atoms. The van der Waals surface area contributed by atoms with E-state index in [0.717, 1.165) is 19.3 Å². The molecule has 1 N–H and O–H groups in total. The summed E-state index contributed by atoms with van der Waals surface area (Å²) in [6.07, 6.45) is 15.3. The number of aliphatic hydroxyl groups excluding tert-OH is 1. The number of hydrogen-bond acceptors (Lipinski definition) is 4. The first kappa shape index (κ1) is 21.9. The van der Waals surface area contributed by atoms with Crippen LogP contribution in [0.5, 0.6) is 0 Å². The third kappa shape index (κ3) is 16.2. The molecule has 0 aliphatic rings. The van der Waals surface area contributed by atoms with Gasteiger partial charge in [-0.1, -0.05) is 77.6 Å². The highest BCUT2D eigenvalue weighted by molar-refractivity contribution is 7.86. The van der Waals surface area contributed by atoms with Crippen LogP contribution in [0.2, 0.25) is 0 Å². The van der Waals surface area contributed by atoms with Crippen LogP contribution in [-0.4, -0.2) is 32.5 Å². The van der Waals surface area contributed by atoms with Gasteiger partial charge in [0, 0.05) is 6.61 Å². The summed E-state index contributed by atoms with van der Waals surface area (Å²) >= 11 is 0. The Morgan fingerprint density at radius 3 is 1.64 bits per heavy atom. The number of aliphatic hydroxyl groups is 1. The van der Waals surface area contributed by atoms with Crippen molar-refractivity contribution in [3.8, 4) is 0 Å². The molecule has 0 radical (unpaired) electrons. The molecule has 5 heteroatoms. The second-order valence-electron chi connectivity index (χ2n) is 6.05. The minimum atomic E-state index is -3.42. The van der Waals surface area contributed by atoms with Gasteiger partial charge in [-0.05, 0) is 12.8 Å². The second kappa shape index (κ2) is 15.8. The smallest absolute Gasteiger partial charge is 0.267 e. The monoisotopic (exact) mass is 336 g/mol. The molecule has 0 heterocycles. The SMILES string of the molecule is CCCCCCCCCCCCCCOS(=O)(=O)CCCO. The number of hydrogen-bond donors (Lipinski definition) is 1. The fourth-order valence-electron chi connectivity index (χ4n) is 2.43. The summed E-state index contributed by atoms with van der Waals surface area (Å²) < 4.78 is 27.6. The van der Waals surface area contributed by atoms with E-state index in [0.29, 0.717) is 0 Å². The summed E-state index contributed by atoms with van der Waals surface area (Å²) in [7, 11) is -3.42. The summed E-state index contributed by atoms with van der Waals surface area (Å²) in [6, 6.07) is 0. The molecule has 0 aliphatic heterocycles. The highest BCUT2D eigenvalue weighted by Crippen LogP contribution is 2.12. The quantitative estimate of drug-likeness (QED) is 0.315. The van der Waals surface area contributed by atoms with Gasteiger partial charge in [-0.2, -0.15) is 8.42 Å². The Kier molecular flexibility index (Phi) is 15.7. The summed E-state index contributed by atoms with van der Waals surface area (Å²) in [5.41, 5.74) is 0. The summed E-state index contributed by atoms with van der Waals surface area (Å²) in [6.45, 7) is 2.42. The van der Waals surface area contributed by atoms with Gasteiger partial charge in [0.25, 0.3) is 10.1 Å². The molecule has 0 fully saturated rings. The Balaban J connectivity index is 3.20. The van der Waals surface area contributed by atoms with E-state index in [1.165, 1.54) is 57.8 Å². The van der Waals surface area contributed by atoms with Gasteiger partial charge in [-0.15, -0.1) is 0 Å². The van der Waals surface area contributed by atoms with Gasteiger partial charge in [-0.25, -0.2) is 0 Å². The van der Waals surface area contributed by atoms with Gasteiger partial charge in [0.05, 0.1) is 12.4 Å². The van der Waals surface area contributed by atoms with Crippen molar-refractivity contribution < 1.29 is 17.7 Å². The lowest BCUT2D eigenvalue weighted by atomic mass is 10.1. The normalized spacial score (nSPS) is 11.9. The first-order chi connectivity index (χ1) is 10.6. The standard InChI is InChI=1S/C17H36O4S/c1-2-3-4-5-6-7-8-9-10-11-12-13-16-21-22(19,20)17-14-15-18/h18H,2-17H2,1H3. The lowest BCUT2D eigenvalue weighted by Crippen LogP contribution is -2.12. The van der Waals surface area contributed by atoms with Crippen LogP contribution in [0.25, 0.3) is 0 Å². The van der Waals surface area contributed by atoms with Crippen molar-refractivity contribution in [3.63, 3.8) is 0 Å². The zero-order valence-electron chi connectivity index (χ0n) is 14.4. The Morgan fingerprint density at radius 2 is 1.18 bits per heavy atom. The van der Waals surface area contributed by atoms with Crippen molar-refractivity contribution in [3.05, 3.63) is 0 Å². The van der Waals surface area contributed by atoms with Gasteiger partial charge in [0.2, 0.25) is 0 Å². The molecule has 0 aromatic rings. The molecule has 0 aromatic carbocycles. The maximum absolute atomic E-state index is 11.4. The molecule has 0 aromatic heterocycles. The highest BCUT2D eigenvalue weighted by Gasteiger charge is 2.09. The molecule has 0 spiro atoms. The van der Waals surface area contributed by atoms with E-state index in [1.54, 1.807) is 0 Å². The van der Waals surface area contributed by atoms with E-state index in [9.17, 15) is 8.42 Å². The van der Waals surface area contributed by atoms with Gasteiger partial charge in [-0.3, -0.25) is 4.18 Å². The lowest BCUT2D eigenvalue weighted by molar-refractivity contribution is 0.283. The first-order valence-corrected chi connectivity index (χ1v) is 10.7. The average molecular weight is 337 g/mol. The molecule has 0 saturated heterocycles. The minimum absolute atomic E-state index is 0.0816. The molecule has 0 saturated carbocycles. The van der Waals surface area contributed by atoms with Crippen molar-refractivity contribution in [2.75, 3.05) is 19.0 Å². The highest BCUT2D eigenvalue weighted by atomic mass is 32.2. The lowest BCUT2D eigenvalue weighted by Gasteiger charge is -2.05. The number of rotatable bonds is 17. The van der Waals surface area contributed by atoms with Crippen LogP contribution in [-0.2, 0) is 14.3 Å². The molecular formula is C17H36O4S. The maximum Gasteiger partial charge on any atom is 0.267 e. The first-order valence-electron chi connectivity index (χ1n) is 9.10. The van der Waals surface area contributed by atoms with Crippen LogP contribution in [0.15, 0.2) is 0 Å². The van der Waals surface area contributed by atoms with E-state index in [4.69, 9.17) is 9.29 Å². The fraction of sp³-hybridized carbons (Fsp3) is 1.00. The second-order valence-corrected chi connectivity index (χ2v) is 7.81. The summed E-state index contributed by atoms with van der Waals surface area (Å²) in [4.78, 5) is 0. The molecule has 0 unspecified atom stereocenters. The Morgan fingerprint density at radius 1 is 0.727 bits per heavy atom. The molecule has 4 nitrogen and oxygen atoms in total. The molecule has 0 amide bonds. The Hall–Kier alpha value is -0.130. The molecule has 134 valence electrons. The van der Waals surface area contributed by atoms with Crippen molar-refractivity contribution in [2.24, 2.45) is 0 Å². The van der Waals surface area contributed by atoms with E-state index >= 15 is 0 Å². The van der Waals surface area contributed by atoms with Crippen molar-refractivity contribution in [1.29, 1.82) is 0 Å². The molecule has 0 rings (SSSR count). The zero-order chi connectivity index (χ0) is 16.5. The van der Waals surface area contributed by atoms with E-state index in [1.807, 2.05) is 0 Å². The van der Waals surface area contributed by atoms with Crippen LogP contribution >= 0.6 is 0 Å². The van der Waals surface area contributed by atoms with Crippen LogP contribution in [0, 0.1) is 0 Å². The summed E-state index contributed by atoms with van der Waals surface area (Å²) in [5.74, 6) is -0.0816. The predicted octanol–water partition coefficient (Wildman–Crippen LogP) is 4.42. The predicted molar refractivity (Wildman–Crippen MR) is 92.5 cm³/mol. The summed E-state index contributed by atoms with van der Waals surface area (Å²) in [5, 5.41) is 8.59. The number of unbranched alkanes of at least 4 members (excludes halogenated alkanes) is 11. The van der Waals surface area contributed by atoms with Crippen molar-refractivity contribution in [1.82, 2.24) is 0 Å². The largest absolute Gasteiger partial charge is 0.396 e. The average Bonchev–Trinajstić information content (AvgIpc) is 2.50. The minimum Gasteiger partial charge on any atom is -0.396 e. The third-order valence-corrected chi connectivity index (χ3v) is 5.13. The Labute approximate surface area is 137 Å². The van der Waals surface area contributed by atoms with Crippen LogP contribution < -0.4 is 0 Å². The van der Waals surface area contributed by atoms with Gasteiger partial charge in [0.15, 0.2) is 0 Å². The molecule has 0 bridgehead atoms. The van der Waals surface area contributed by atoms with Gasteiger partial charge >= 0.3 is 0 Å². The van der Waals surface area contributed by atoms with Crippen LogP contribution in [0.4, 0.5) is 0 Å². The van der Waals surface area contributed by atoms with Gasteiger partial charge < -0.3 is 5.11 Å². The van der Waals surface area contributed by atoms with Crippen molar-refractivity contribution in [2.45, 2.75) is 90.4 Å². The third-order valence-electron chi connectivity index (χ3n) is 3.81. The Bertz CT molecular complexity index is 315. The molecule has 0 aliphatic carbocycles. The molecule has 0 atom stereocenters. The maximum atomic E-state index is 11.4.